The van der Waals surface area contributed by atoms with Crippen molar-refractivity contribution in [2.45, 2.75) is 50.9 Å². The quantitative estimate of drug-likeness (QED) is 0.330. The molecule has 7 rings (SSSR count). The van der Waals surface area contributed by atoms with Crippen LogP contribution >= 0.6 is 11.6 Å². The third kappa shape index (κ3) is 6.24. The van der Waals surface area contributed by atoms with E-state index in [9.17, 15) is 27.6 Å². The average molecular weight is 673 g/mol. The van der Waals surface area contributed by atoms with Gasteiger partial charge in [-0.1, -0.05) is 18.0 Å². The van der Waals surface area contributed by atoms with E-state index in [1.165, 1.54) is 46.9 Å². The first-order chi connectivity index (χ1) is 22.5. The molecule has 0 radical (unpaired) electrons. The van der Waals surface area contributed by atoms with Crippen LogP contribution in [0.2, 0.25) is 5.02 Å². The first-order valence-corrected chi connectivity index (χ1v) is 16.4. The van der Waals surface area contributed by atoms with Crippen LogP contribution in [0.3, 0.4) is 0 Å². The zero-order chi connectivity index (χ0) is 33.0. The van der Waals surface area contributed by atoms with E-state index in [0.29, 0.717) is 31.2 Å². The number of halogens is 4. The number of carbonyl (C=O) groups is 3. The lowest BCUT2D eigenvalue weighted by atomic mass is 9.85. The molecule has 250 valence electrons. The second-order valence-corrected chi connectivity index (χ2v) is 13.6. The van der Waals surface area contributed by atoms with E-state index in [2.05, 4.69) is 26.0 Å². The molecule has 3 aromatic rings. The smallest absolute Gasteiger partial charge is 0.349 e. The molecule has 2 unspecified atom stereocenters. The lowest BCUT2D eigenvalue weighted by Gasteiger charge is -2.28. The van der Waals surface area contributed by atoms with Crippen LogP contribution in [0.1, 0.15) is 58.8 Å². The Kier molecular flexibility index (Phi) is 8.27. The molecule has 4 fully saturated rings. The summed E-state index contributed by atoms with van der Waals surface area (Å²) >= 11 is 6.45. The minimum atomic E-state index is -4.68. The second kappa shape index (κ2) is 12.3. The zero-order valence-corrected chi connectivity index (χ0v) is 26.6. The highest BCUT2D eigenvalue weighted by Crippen LogP contribution is 2.46. The minimum absolute atomic E-state index is 0.0178. The number of alkyl halides is 3. The number of benzene rings is 1. The van der Waals surface area contributed by atoms with Crippen molar-refractivity contribution < 1.29 is 27.6 Å². The maximum atomic E-state index is 13.9. The molecule has 11 nitrogen and oxygen atoms in total. The summed E-state index contributed by atoms with van der Waals surface area (Å²) in [5, 5.41) is 12.9. The molecule has 3 N–H and O–H groups in total. The second-order valence-electron chi connectivity index (χ2n) is 13.2. The number of carbonyl (C=O) groups excluding carboxylic acids is 3. The van der Waals surface area contributed by atoms with Crippen molar-refractivity contribution in [2.24, 2.45) is 30.7 Å². The largest absolute Gasteiger partial charge is 0.435 e. The van der Waals surface area contributed by atoms with Crippen molar-refractivity contribution in [1.82, 2.24) is 34.9 Å². The Labute approximate surface area is 274 Å². The maximum Gasteiger partial charge on any atom is 0.435 e. The van der Waals surface area contributed by atoms with Gasteiger partial charge < -0.3 is 25.4 Å². The van der Waals surface area contributed by atoms with E-state index in [-0.39, 0.29) is 63.3 Å². The van der Waals surface area contributed by atoms with Gasteiger partial charge in [0.05, 0.1) is 28.0 Å². The summed E-state index contributed by atoms with van der Waals surface area (Å²) in [6.45, 7) is 3.42. The molecule has 15 heteroatoms. The Hall–Kier alpha value is -3.91. The molecule has 3 amide bonds. The first-order valence-electron chi connectivity index (χ1n) is 16.1. The molecule has 47 heavy (non-hydrogen) atoms. The van der Waals surface area contributed by atoms with Crippen LogP contribution in [0.15, 0.2) is 30.6 Å². The Bertz CT molecular complexity index is 1700. The first kappa shape index (κ1) is 31.7. The average Bonchev–Trinajstić information content (AvgIpc) is 3.44. The van der Waals surface area contributed by atoms with Gasteiger partial charge >= 0.3 is 6.18 Å². The van der Waals surface area contributed by atoms with E-state index in [1.807, 2.05) is 4.90 Å². The Morgan fingerprint density at radius 2 is 1.79 bits per heavy atom. The van der Waals surface area contributed by atoms with Crippen molar-refractivity contribution in [2.75, 3.05) is 31.5 Å². The van der Waals surface area contributed by atoms with E-state index in [4.69, 9.17) is 11.6 Å². The number of amides is 3. The Morgan fingerprint density at radius 1 is 1.06 bits per heavy atom. The fraction of sp³-hybridized carbons (Fsp3) is 0.531. The van der Waals surface area contributed by atoms with Crippen LogP contribution in [0.25, 0.3) is 11.3 Å². The molecule has 4 heterocycles. The number of hydrogen-bond donors (Lipinski definition) is 3. The molecule has 2 aromatic heterocycles. The van der Waals surface area contributed by atoms with Crippen molar-refractivity contribution >= 4 is 35.0 Å². The molecular formula is C32H36ClF3N8O3. The van der Waals surface area contributed by atoms with Crippen LogP contribution in [0.4, 0.5) is 18.9 Å². The lowest BCUT2D eigenvalue weighted by molar-refractivity contribution is -0.141. The summed E-state index contributed by atoms with van der Waals surface area (Å²) in [5.41, 5.74) is -0.526. The summed E-state index contributed by atoms with van der Waals surface area (Å²) < 4.78 is 44.3. The minimum Gasteiger partial charge on any atom is -0.349 e. The number of nitrogens with one attached hydrogen (secondary N) is 3. The molecule has 0 bridgehead atoms. The summed E-state index contributed by atoms with van der Waals surface area (Å²) in [4.78, 5) is 45.1. The molecule has 2 aliphatic heterocycles. The van der Waals surface area contributed by atoms with E-state index in [1.54, 1.807) is 0 Å². The molecule has 0 spiro atoms. The van der Waals surface area contributed by atoms with Gasteiger partial charge in [-0.25, -0.2) is 4.98 Å². The SMILES string of the molecule is Cn1c(-c2cn(CC3CCC3)nc2C(F)(F)F)cnc1C(=O)Nc1ccc(C(=O)NC2C3CN(C(=O)C4CCNCC4)CC32)c(Cl)c1. The molecule has 1 aromatic carbocycles. The van der Waals surface area contributed by atoms with Crippen LogP contribution in [-0.4, -0.2) is 74.2 Å². The third-order valence-electron chi connectivity index (χ3n) is 10.1. The summed E-state index contributed by atoms with van der Waals surface area (Å²) in [5.74, 6) is -0.0393. The fourth-order valence-electron chi connectivity index (χ4n) is 7.16. The van der Waals surface area contributed by atoms with Gasteiger partial charge in [0.25, 0.3) is 11.8 Å². The number of piperidine rings is 2. The molecule has 2 aliphatic carbocycles. The Balaban J connectivity index is 0.971. The monoisotopic (exact) mass is 672 g/mol. The maximum absolute atomic E-state index is 13.9. The van der Waals surface area contributed by atoms with Crippen molar-refractivity contribution in [3.8, 4) is 11.3 Å². The number of fused-ring (bicyclic) bond motifs is 1. The van der Waals surface area contributed by atoms with Crippen molar-refractivity contribution in [3.05, 3.63) is 52.7 Å². The predicted octanol–water partition coefficient (Wildman–Crippen LogP) is 4.19. The number of aromatic nitrogens is 4. The molecular weight excluding hydrogens is 637 g/mol. The summed E-state index contributed by atoms with van der Waals surface area (Å²) in [6.07, 6.45) is 2.62. The standard InChI is InChI=1S/C32H36ClF3N8O3/c1-42-25(23-16-44(13-17-3-2-4-17)41-27(23)32(34,35)36)12-38-28(42)30(46)39-19-5-6-20(24(33)11-19)29(45)40-26-21-14-43(15-22(21)26)31(47)18-7-9-37-10-8-18/h5-6,11-12,16-18,21-22,26,37H,2-4,7-10,13-15H2,1H3,(H,39,46)(H,40,45). The van der Waals surface area contributed by atoms with Crippen LogP contribution in [0, 0.1) is 23.7 Å². The number of likely N-dealkylation sites (tertiary alicyclic amines) is 1. The molecule has 2 saturated carbocycles. The Morgan fingerprint density at radius 3 is 2.43 bits per heavy atom. The number of nitrogens with zero attached hydrogens (tertiary/aromatic N) is 5. The zero-order valence-electron chi connectivity index (χ0n) is 25.8. The van der Waals surface area contributed by atoms with Gasteiger partial charge in [0.2, 0.25) is 5.91 Å². The highest BCUT2D eigenvalue weighted by molar-refractivity contribution is 6.34. The molecule has 2 saturated heterocycles. The van der Waals surface area contributed by atoms with Crippen molar-refractivity contribution in [3.63, 3.8) is 0 Å². The van der Waals surface area contributed by atoms with Crippen LogP contribution < -0.4 is 16.0 Å². The summed E-state index contributed by atoms with van der Waals surface area (Å²) in [7, 11) is 1.47. The van der Waals surface area contributed by atoms with E-state index in [0.717, 1.165) is 45.2 Å². The number of anilines is 1. The topological polar surface area (TPSA) is 126 Å². The summed E-state index contributed by atoms with van der Waals surface area (Å²) in [6, 6.07) is 4.46. The van der Waals surface area contributed by atoms with Crippen molar-refractivity contribution in [1.29, 1.82) is 0 Å². The number of rotatable bonds is 8. The van der Waals surface area contributed by atoms with Crippen LogP contribution in [-0.2, 0) is 24.6 Å². The van der Waals surface area contributed by atoms with Gasteiger partial charge in [-0.05, 0) is 62.9 Å². The van der Waals surface area contributed by atoms with Gasteiger partial charge in [-0.15, -0.1) is 0 Å². The van der Waals surface area contributed by atoms with Gasteiger partial charge in [-0.3, -0.25) is 19.1 Å². The highest BCUT2D eigenvalue weighted by atomic mass is 35.5. The molecule has 4 aliphatic rings. The molecule has 2 atom stereocenters. The van der Waals surface area contributed by atoms with Gasteiger partial charge in [0, 0.05) is 62.4 Å². The third-order valence-corrected chi connectivity index (χ3v) is 10.4. The lowest BCUT2D eigenvalue weighted by Crippen LogP contribution is -2.43. The van der Waals surface area contributed by atoms with Gasteiger partial charge in [0.15, 0.2) is 11.5 Å². The number of hydrogen-bond acceptors (Lipinski definition) is 6. The van der Waals surface area contributed by atoms with Gasteiger partial charge in [-0.2, -0.15) is 18.3 Å². The van der Waals surface area contributed by atoms with Crippen LogP contribution in [0.5, 0.6) is 0 Å². The predicted molar refractivity (Wildman–Crippen MR) is 167 cm³/mol. The van der Waals surface area contributed by atoms with E-state index >= 15 is 0 Å². The van der Waals surface area contributed by atoms with Gasteiger partial charge in [0.1, 0.15) is 0 Å². The fourth-order valence-corrected chi connectivity index (χ4v) is 7.43. The highest BCUT2D eigenvalue weighted by Gasteiger charge is 2.57. The normalized spacial score (nSPS) is 22.9. The van der Waals surface area contributed by atoms with E-state index < -0.39 is 17.8 Å². The number of imidazole rings is 1.